The number of benzene rings is 2. The van der Waals surface area contributed by atoms with Crippen LogP contribution in [-0.2, 0) is 6.54 Å². The van der Waals surface area contributed by atoms with E-state index in [1.165, 1.54) is 0 Å². The highest BCUT2D eigenvalue weighted by Crippen LogP contribution is 2.29. The second-order valence-electron chi connectivity index (χ2n) is 7.39. The van der Waals surface area contributed by atoms with Crippen molar-refractivity contribution < 1.29 is 19.8 Å². The number of hydrogen-bond acceptors (Lipinski definition) is 4. The van der Waals surface area contributed by atoms with Crippen molar-refractivity contribution in [2.45, 2.75) is 25.3 Å². The maximum atomic E-state index is 13.1. The lowest BCUT2D eigenvalue weighted by atomic mass is 9.89. The molecule has 7 heteroatoms. The van der Waals surface area contributed by atoms with Crippen molar-refractivity contribution in [3.8, 4) is 0 Å². The third kappa shape index (κ3) is 3.86. The Hall–Kier alpha value is -3.19. The summed E-state index contributed by atoms with van der Waals surface area (Å²) in [4.78, 5) is 30.5. The monoisotopic (exact) mass is 393 g/mol. The zero-order valence-corrected chi connectivity index (χ0v) is 16.0. The maximum Gasteiger partial charge on any atom is 0.335 e. The second-order valence-corrected chi connectivity index (χ2v) is 7.39. The molecule has 0 radical (unpaired) electrons. The summed E-state index contributed by atoms with van der Waals surface area (Å²) >= 11 is 0. The van der Waals surface area contributed by atoms with Crippen LogP contribution in [0.25, 0.3) is 11.0 Å². The number of likely N-dealkylation sites (tertiary alicyclic amines) is 1. The van der Waals surface area contributed by atoms with Crippen LogP contribution >= 0.6 is 0 Å². The SMILES string of the molecule is O=C(O)c1cccc(C2CCCN(C(=O)c3ccc4c(c3)ncn4CCO)C2)c1. The summed E-state index contributed by atoms with van der Waals surface area (Å²) in [6.07, 6.45) is 3.47. The molecule has 2 N–H and O–H groups in total. The van der Waals surface area contributed by atoms with Crippen LogP contribution in [0.3, 0.4) is 0 Å². The Kier molecular flexibility index (Phi) is 5.31. The number of piperidine rings is 1. The van der Waals surface area contributed by atoms with Crippen LogP contribution in [0, 0.1) is 0 Å². The number of aromatic carboxylic acids is 1. The van der Waals surface area contributed by atoms with Crippen molar-refractivity contribution in [1.82, 2.24) is 14.5 Å². The van der Waals surface area contributed by atoms with Crippen molar-refractivity contribution in [2.75, 3.05) is 19.7 Å². The third-order valence-electron chi connectivity index (χ3n) is 5.52. The number of nitrogens with zero attached hydrogens (tertiary/aromatic N) is 3. The molecule has 1 aromatic heterocycles. The van der Waals surface area contributed by atoms with Crippen LogP contribution in [0.2, 0.25) is 0 Å². The largest absolute Gasteiger partial charge is 0.478 e. The fourth-order valence-corrected chi connectivity index (χ4v) is 4.02. The van der Waals surface area contributed by atoms with Gasteiger partial charge in [0.05, 0.1) is 29.5 Å². The van der Waals surface area contributed by atoms with E-state index in [0.717, 1.165) is 29.4 Å². The first-order chi connectivity index (χ1) is 14.1. The summed E-state index contributed by atoms with van der Waals surface area (Å²) in [6.45, 7) is 1.75. The van der Waals surface area contributed by atoms with E-state index in [0.29, 0.717) is 25.2 Å². The number of amides is 1. The minimum absolute atomic E-state index is 0.0321. The fourth-order valence-electron chi connectivity index (χ4n) is 4.02. The molecular weight excluding hydrogens is 370 g/mol. The van der Waals surface area contributed by atoms with Gasteiger partial charge in [0.1, 0.15) is 0 Å². The van der Waals surface area contributed by atoms with Crippen molar-refractivity contribution in [3.63, 3.8) is 0 Å². The molecule has 1 aliphatic heterocycles. The number of aliphatic hydroxyl groups excluding tert-OH is 1. The Morgan fingerprint density at radius 2 is 2.00 bits per heavy atom. The van der Waals surface area contributed by atoms with Crippen molar-refractivity contribution in [3.05, 3.63) is 65.5 Å². The van der Waals surface area contributed by atoms with Gasteiger partial charge in [-0.2, -0.15) is 0 Å². The summed E-state index contributed by atoms with van der Waals surface area (Å²) in [6, 6.07) is 12.4. The number of carbonyl (C=O) groups is 2. The normalized spacial score (nSPS) is 16.9. The van der Waals surface area contributed by atoms with Crippen molar-refractivity contribution in [1.29, 1.82) is 0 Å². The predicted octanol–water partition coefficient (Wildman–Crippen LogP) is 2.75. The summed E-state index contributed by atoms with van der Waals surface area (Å²) in [5.41, 5.74) is 3.44. The Morgan fingerprint density at radius 1 is 1.14 bits per heavy atom. The molecule has 1 atom stereocenters. The summed E-state index contributed by atoms with van der Waals surface area (Å²) in [5.74, 6) is -0.855. The molecule has 1 unspecified atom stereocenters. The van der Waals surface area contributed by atoms with E-state index in [-0.39, 0.29) is 24.0 Å². The zero-order chi connectivity index (χ0) is 20.4. The Bertz CT molecular complexity index is 1060. The van der Waals surface area contributed by atoms with Gasteiger partial charge < -0.3 is 19.7 Å². The van der Waals surface area contributed by atoms with E-state index in [1.54, 1.807) is 36.7 Å². The highest BCUT2D eigenvalue weighted by atomic mass is 16.4. The lowest BCUT2D eigenvalue weighted by Crippen LogP contribution is -2.39. The first-order valence-corrected chi connectivity index (χ1v) is 9.75. The van der Waals surface area contributed by atoms with E-state index in [9.17, 15) is 14.7 Å². The molecule has 0 bridgehead atoms. The number of carboxylic acids is 1. The third-order valence-corrected chi connectivity index (χ3v) is 5.52. The van der Waals surface area contributed by atoms with Crippen molar-refractivity contribution >= 4 is 22.9 Å². The average Bonchev–Trinajstić information content (AvgIpc) is 3.16. The van der Waals surface area contributed by atoms with Gasteiger partial charge in [0.2, 0.25) is 0 Å². The number of aromatic nitrogens is 2. The van der Waals surface area contributed by atoms with Gasteiger partial charge in [-0.15, -0.1) is 0 Å². The number of fused-ring (bicyclic) bond motifs is 1. The van der Waals surface area contributed by atoms with E-state index in [2.05, 4.69) is 4.98 Å². The number of imidazole rings is 1. The van der Waals surface area contributed by atoms with Crippen molar-refractivity contribution in [2.24, 2.45) is 0 Å². The van der Waals surface area contributed by atoms with Gasteiger partial charge in [-0.1, -0.05) is 12.1 Å². The topological polar surface area (TPSA) is 95.7 Å². The van der Waals surface area contributed by atoms with E-state index < -0.39 is 5.97 Å². The van der Waals surface area contributed by atoms with Gasteiger partial charge in [0.15, 0.2) is 0 Å². The molecule has 29 heavy (non-hydrogen) atoms. The first kappa shape index (κ1) is 19.1. The van der Waals surface area contributed by atoms with Crippen LogP contribution in [-0.4, -0.2) is 56.2 Å². The summed E-state index contributed by atoms with van der Waals surface area (Å²) in [5, 5.41) is 18.4. The molecule has 150 valence electrons. The number of carboxylic acid groups (broad SMARTS) is 1. The number of carbonyl (C=O) groups excluding carboxylic acids is 1. The molecule has 4 rings (SSSR count). The summed E-state index contributed by atoms with van der Waals surface area (Å²) in [7, 11) is 0. The standard InChI is InChI=1S/C22H23N3O4/c26-10-9-25-14-23-19-12-16(6-7-20(19)25)21(27)24-8-2-5-18(13-24)15-3-1-4-17(11-15)22(28)29/h1,3-4,6-7,11-12,14,18,26H,2,5,8-10,13H2,(H,28,29). The van der Waals surface area contributed by atoms with Crippen LogP contribution in [0.4, 0.5) is 0 Å². The van der Waals surface area contributed by atoms with Gasteiger partial charge in [0, 0.05) is 31.1 Å². The molecular formula is C22H23N3O4. The van der Waals surface area contributed by atoms with Gasteiger partial charge in [-0.25, -0.2) is 9.78 Å². The maximum absolute atomic E-state index is 13.1. The molecule has 7 nitrogen and oxygen atoms in total. The Labute approximate surface area is 168 Å². The smallest absolute Gasteiger partial charge is 0.335 e. The van der Waals surface area contributed by atoms with Crippen LogP contribution in [0.5, 0.6) is 0 Å². The number of rotatable bonds is 5. The molecule has 0 saturated carbocycles. The molecule has 1 amide bonds. The van der Waals surface area contributed by atoms with Gasteiger partial charge >= 0.3 is 5.97 Å². The number of hydrogen-bond donors (Lipinski definition) is 2. The highest BCUT2D eigenvalue weighted by molar-refractivity contribution is 5.97. The van der Waals surface area contributed by atoms with Gasteiger partial charge in [0.25, 0.3) is 5.91 Å². The zero-order valence-electron chi connectivity index (χ0n) is 16.0. The van der Waals surface area contributed by atoms with E-state index in [4.69, 9.17) is 5.11 Å². The minimum Gasteiger partial charge on any atom is -0.478 e. The fraction of sp³-hybridized carbons (Fsp3) is 0.318. The second kappa shape index (κ2) is 8.05. The first-order valence-electron chi connectivity index (χ1n) is 9.75. The van der Waals surface area contributed by atoms with Crippen LogP contribution in [0.15, 0.2) is 48.8 Å². The van der Waals surface area contributed by atoms with Crippen LogP contribution < -0.4 is 0 Å². The molecule has 1 aliphatic rings. The van der Waals surface area contributed by atoms with Gasteiger partial charge in [-0.05, 0) is 48.7 Å². The van der Waals surface area contributed by atoms with E-state index in [1.807, 2.05) is 21.6 Å². The molecule has 0 spiro atoms. The molecule has 2 heterocycles. The predicted molar refractivity (Wildman–Crippen MR) is 108 cm³/mol. The van der Waals surface area contributed by atoms with E-state index >= 15 is 0 Å². The lowest BCUT2D eigenvalue weighted by molar-refractivity contribution is 0.0688. The highest BCUT2D eigenvalue weighted by Gasteiger charge is 2.26. The quantitative estimate of drug-likeness (QED) is 0.695. The molecule has 2 aromatic carbocycles. The van der Waals surface area contributed by atoms with Crippen LogP contribution in [0.1, 0.15) is 45.0 Å². The average molecular weight is 393 g/mol. The van der Waals surface area contributed by atoms with Gasteiger partial charge in [-0.3, -0.25) is 4.79 Å². The molecule has 1 saturated heterocycles. The summed E-state index contributed by atoms with van der Waals surface area (Å²) < 4.78 is 1.86. The molecule has 3 aromatic rings. The minimum atomic E-state index is -0.940. The molecule has 1 fully saturated rings. The number of aliphatic hydroxyl groups is 1. The Morgan fingerprint density at radius 3 is 2.79 bits per heavy atom. The Balaban J connectivity index is 1.53. The lowest BCUT2D eigenvalue weighted by Gasteiger charge is -2.33. The molecule has 0 aliphatic carbocycles.